The second-order valence-electron chi connectivity index (χ2n) is 3.24. The van der Waals surface area contributed by atoms with Gasteiger partial charge in [-0.25, -0.2) is 4.68 Å². The summed E-state index contributed by atoms with van der Waals surface area (Å²) in [4.78, 5) is 0. The van der Waals surface area contributed by atoms with Gasteiger partial charge in [-0.2, -0.15) is 10.4 Å². The highest BCUT2D eigenvalue weighted by molar-refractivity contribution is 9.10. The largest absolute Gasteiger partial charge is 0.411 e. The second-order valence-corrected chi connectivity index (χ2v) is 4.10. The number of nitrogens with zero attached hydrogens (tertiary/aromatic N) is 4. The van der Waals surface area contributed by atoms with Crippen molar-refractivity contribution in [2.45, 2.75) is 0 Å². The number of hydrogen-bond acceptors (Lipinski definition) is 4. The molecule has 0 aliphatic heterocycles. The fourth-order valence-corrected chi connectivity index (χ4v) is 1.95. The molecular weight excluding hydrogens is 284 g/mol. The number of halogens is 1. The van der Waals surface area contributed by atoms with Gasteiger partial charge in [-0.1, -0.05) is 11.2 Å². The summed E-state index contributed by atoms with van der Waals surface area (Å²) in [5.41, 5.74) is 2.07. The molecule has 17 heavy (non-hydrogen) atoms. The number of aromatic nitrogens is 2. The van der Waals surface area contributed by atoms with Crippen LogP contribution in [0.3, 0.4) is 0 Å². The van der Waals surface area contributed by atoms with Crippen LogP contribution >= 0.6 is 15.9 Å². The first-order chi connectivity index (χ1) is 8.24. The Labute approximate surface area is 106 Å². The van der Waals surface area contributed by atoms with Gasteiger partial charge in [0, 0.05) is 10.7 Å². The van der Waals surface area contributed by atoms with Crippen molar-refractivity contribution >= 4 is 22.1 Å². The number of hydrogen-bond donors (Lipinski definition) is 1. The highest BCUT2D eigenvalue weighted by atomic mass is 79.9. The molecule has 5 nitrogen and oxygen atoms in total. The lowest BCUT2D eigenvalue weighted by molar-refractivity contribution is 0.322. The van der Waals surface area contributed by atoms with Gasteiger partial charge >= 0.3 is 0 Å². The van der Waals surface area contributed by atoms with Crippen molar-refractivity contribution in [2.75, 3.05) is 0 Å². The van der Waals surface area contributed by atoms with Crippen LogP contribution in [-0.4, -0.2) is 21.2 Å². The van der Waals surface area contributed by atoms with E-state index >= 15 is 0 Å². The minimum absolute atomic E-state index is 0.498. The summed E-state index contributed by atoms with van der Waals surface area (Å²) in [6.45, 7) is 0. The predicted octanol–water partition coefficient (Wildman–Crippen LogP) is 2.31. The zero-order valence-electron chi connectivity index (χ0n) is 8.58. The number of benzene rings is 1. The van der Waals surface area contributed by atoms with Crippen molar-refractivity contribution in [1.29, 1.82) is 5.26 Å². The molecule has 0 aliphatic carbocycles. The lowest BCUT2D eigenvalue weighted by atomic mass is 10.2. The summed E-state index contributed by atoms with van der Waals surface area (Å²) < 4.78 is 2.39. The van der Waals surface area contributed by atoms with Gasteiger partial charge in [0.05, 0.1) is 23.7 Å². The van der Waals surface area contributed by atoms with Crippen LogP contribution in [0.1, 0.15) is 11.1 Å². The van der Waals surface area contributed by atoms with E-state index in [0.717, 1.165) is 15.7 Å². The Bertz CT molecular complexity index is 612. The molecule has 0 atom stereocenters. The van der Waals surface area contributed by atoms with E-state index in [1.54, 1.807) is 23.0 Å². The summed E-state index contributed by atoms with van der Waals surface area (Å²) in [6, 6.07) is 7.41. The lowest BCUT2D eigenvalue weighted by Gasteiger charge is -2.04. The first-order valence-electron chi connectivity index (χ1n) is 4.66. The van der Waals surface area contributed by atoms with E-state index in [-0.39, 0.29) is 0 Å². The Morgan fingerprint density at radius 2 is 2.35 bits per heavy atom. The molecule has 0 aliphatic rings. The van der Waals surface area contributed by atoms with Crippen molar-refractivity contribution in [3.8, 4) is 11.8 Å². The van der Waals surface area contributed by atoms with Crippen molar-refractivity contribution in [2.24, 2.45) is 5.16 Å². The van der Waals surface area contributed by atoms with Crippen molar-refractivity contribution in [1.82, 2.24) is 9.78 Å². The molecule has 1 aromatic carbocycles. The molecule has 2 aromatic rings. The van der Waals surface area contributed by atoms with E-state index < -0.39 is 0 Å². The van der Waals surface area contributed by atoms with E-state index in [1.165, 1.54) is 12.4 Å². The number of nitriles is 1. The number of rotatable bonds is 2. The first-order valence-corrected chi connectivity index (χ1v) is 5.46. The third kappa shape index (κ3) is 2.34. The molecule has 0 saturated carbocycles. The maximum Gasteiger partial charge on any atom is 0.102 e. The van der Waals surface area contributed by atoms with E-state index in [1.807, 2.05) is 12.1 Å². The molecule has 0 amide bonds. The van der Waals surface area contributed by atoms with Crippen LogP contribution in [0.2, 0.25) is 0 Å². The van der Waals surface area contributed by atoms with Gasteiger partial charge in [0.15, 0.2) is 0 Å². The molecule has 0 unspecified atom stereocenters. The molecule has 0 radical (unpaired) electrons. The van der Waals surface area contributed by atoms with Crippen LogP contribution in [-0.2, 0) is 0 Å². The van der Waals surface area contributed by atoms with Crippen LogP contribution in [0.15, 0.2) is 40.2 Å². The Kier molecular flexibility index (Phi) is 3.21. The third-order valence-electron chi connectivity index (χ3n) is 2.14. The molecule has 84 valence electrons. The summed E-state index contributed by atoms with van der Waals surface area (Å²) in [5.74, 6) is 0. The van der Waals surface area contributed by atoms with Crippen molar-refractivity contribution in [3.63, 3.8) is 0 Å². The molecule has 1 aromatic heterocycles. The maximum absolute atomic E-state index is 8.72. The molecule has 0 saturated heterocycles. The molecule has 0 bridgehead atoms. The maximum atomic E-state index is 8.72. The van der Waals surface area contributed by atoms with Gasteiger partial charge in [0.2, 0.25) is 0 Å². The minimum Gasteiger partial charge on any atom is -0.411 e. The molecule has 0 spiro atoms. The standard InChI is InChI=1S/C11H7BrN4O/c12-10-3-8(6-15-17)1-2-11(10)16-7-9(4-13)5-14-16/h1-3,5-7,17H/b15-6+. The highest BCUT2D eigenvalue weighted by Gasteiger charge is 2.05. The zero-order chi connectivity index (χ0) is 12.3. The average Bonchev–Trinajstić information content (AvgIpc) is 2.78. The monoisotopic (exact) mass is 290 g/mol. The molecule has 0 fully saturated rings. The van der Waals surface area contributed by atoms with Gasteiger partial charge in [-0.05, 0) is 33.6 Å². The molecule has 6 heteroatoms. The van der Waals surface area contributed by atoms with E-state index in [0.29, 0.717) is 5.56 Å². The van der Waals surface area contributed by atoms with Gasteiger partial charge in [-0.15, -0.1) is 0 Å². The number of oxime groups is 1. The zero-order valence-corrected chi connectivity index (χ0v) is 10.2. The Balaban J connectivity index is 2.43. The fourth-order valence-electron chi connectivity index (χ4n) is 1.37. The summed E-state index contributed by atoms with van der Waals surface area (Å²) in [7, 11) is 0. The molecular formula is C11H7BrN4O. The fraction of sp³-hybridized carbons (Fsp3) is 0. The molecule has 1 N–H and O–H groups in total. The smallest absolute Gasteiger partial charge is 0.102 e. The Hall–Kier alpha value is -2.13. The SMILES string of the molecule is N#Cc1cnn(-c2ccc(/C=N/O)cc2Br)c1. The van der Waals surface area contributed by atoms with Gasteiger partial charge < -0.3 is 5.21 Å². The highest BCUT2D eigenvalue weighted by Crippen LogP contribution is 2.21. The Morgan fingerprint density at radius 3 is 2.94 bits per heavy atom. The van der Waals surface area contributed by atoms with Crippen LogP contribution < -0.4 is 0 Å². The van der Waals surface area contributed by atoms with E-state index in [9.17, 15) is 0 Å². The van der Waals surface area contributed by atoms with Gasteiger partial charge in [0.1, 0.15) is 6.07 Å². The van der Waals surface area contributed by atoms with Gasteiger partial charge in [0.25, 0.3) is 0 Å². The third-order valence-corrected chi connectivity index (χ3v) is 2.77. The van der Waals surface area contributed by atoms with Crippen LogP contribution in [0, 0.1) is 11.3 Å². The van der Waals surface area contributed by atoms with Crippen LogP contribution in [0.5, 0.6) is 0 Å². The summed E-state index contributed by atoms with van der Waals surface area (Å²) in [5, 5.41) is 24.2. The van der Waals surface area contributed by atoms with Crippen LogP contribution in [0.4, 0.5) is 0 Å². The van der Waals surface area contributed by atoms with Crippen molar-refractivity contribution in [3.05, 3.63) is 46.2 Å². The molecule has 1 heterocycles. The normalized spacial score (nSPS) is 10.6. The van der Waals surface area contributed by atoms with Crippen molar-refractivity contribution < 1.29 is 5.21 Å². The first kappa shape index (κ1) is 11.4. The second kappa shape index (κ2) is 4.80. The Morgan fingerprint density at radius 1 is 1.53 bits per heavy atom. The topological polar surface area (TPSA) is 74.2 Å². The minimum atomic E-state index is 0.498. The summed E-state index contributed by atoms with van der Waals surface area (Å²) >= 11 is 3.40. The van der Waals surface area contributed by atoms with E-state index in [4.69, 9.17) is 10.5 Å². The van der Waals surface area contributed by atoms with Gasteiger partial charge in [-0.3, -0.25) is 0 Å². The lowest BCUT2D eigenvalue weighted by Crippen LogP contribution is -1.96. The quantitative estimate of drug-likeness (QED) is 0.524. The summed E-state index contributed by atoms with van der Waals surface area (Å²) in [6.07, 6.45) is 4.47. The average molecular weight is 291 g/mol. The molecule has 2 rings (SSSR count). The predicted molar refractivity (Wildman–Crippen MR) is 65.4 cm³/mol. The van der Waals surface area contributed by atoms with Crippen LogP contribution in [0.25, 0.3) is 5.69 Å². The van der Waals surface area contributed by atoms with E-state index in [2.05, 4.69) is 26.2 Å².